The second kappa shape index (κ2) is 4.05. The van der Waals surface area contributed by atoms with Crippen LogP contribution in [-0.4, -0.2) is 48.1 Å². The molecule has 0 saturated carbocycles. The van der Waals surface area contributed by atoms with Gasteiger partial charge in [-0.05, 0) is 26.7 Å². The highest BCUT2D eigenvalue weighted by Gasteiger charge is 2.43. The topological polar surface area (TPSA) is 58.6 Å². The number of amides is 2. The van der Waals surface area contributed by atoms with Crippen molar-refractivity contribution in [3.8, 4) is 0 Å². The van der Waals surface area contributed by atoms with Gasteiger partial charge in [-0.1, -0.05) is 0 Å². The normalized spacial score (nSPS) is 29.0. The zero-order valence-corrected chi connectivity index (χ0v) is 9.78. The lowest BCUT2D eigenvalue weighted by molar-refractivity contribution is -0.155. The van der Waals surface area contributed by atoms with Gasteiger partial charge in [0.25, 0.3) is 5.91 Å². The minimum atomic E-state index is -0.763. The summed E-state index contributed by atoms with van der Waals surface area (Å²) in [6.45, 7) is 5.29. The van der Waals surface area contributed by atoms with E-state index >= 15 is 0 Å². The van der Waals surface area contributed by atoms with Crippen LogP contribution in [0.1, 0.15) is 26.7 Å². The number of nitrogens with one attached hydrogen (secondary N) is 1. The van der Waals surface area contributed by atoms with E-state index in [4.69, 9.17) is 4.74 Å². The van der Waals surface area contributed by atoms with Crippen LogP contribution >= 0.6 is 0 Å². The molecule has 0 radical (unpaired) electrons. The lowest BCUT2D eigenvalue weighted by atomic mass is 9.97. The molecule has 2 fully saturated rings. The number of hydrogen-bond donors (Lipinski definition) is 1. The second-order valence-corrected chi connectivity index (χ2v) is 4.81. The Morgan fingerprint density at radius 3 is 2.94 bits per heavy atom. The highest BCUT2D eigenvalue weighted by Crippen LogP contribution is 2.22. The Balaban J connectivity index is 2.12. The zero-order valence-electron chi connectivity index (χ0n) is 9.78. The minimum Gasteiger partial charge on any atom is -0.368 e. The van der Waals surface area contributed by atoms with Crippen LogP contribution in [0.15, 0.2) is 0 Å². The van der Waals surface area contributed by atoms with Crippen molar-refractivity contribution < 1.29 is 14.3 Å². The molecule has 2 aliphatic rings. The van der Waals surface area contributed by atoms with E-state index in [1.807, 2.05) is 0 Å². The summed E-state index contributed by atoms with van der Waals surface area (Å²) in [5.74, 6) is -0.137. The van der Waals surface area contributed by atoms with E-state index in [1.165, 1.54) is 0 Å². The third-order valence-electron chi connectivity index (χ3n) is 3.32. The van der Waals surface area contributed by atoms with Gasteiger partial charge in [0, 0.05) is 19.7 Å². The molecule has 90 valence electrons. The lowest BCUT2D eigenvalue weighted by Crippen LogP contribution is -2.64. The molecule has 0 aromatic rings. The Morgan fingerprint density at radius 2 is 2.31 bits per heavy atom. The maximum absolute atomic E-state index is 12.2. The van der Waals surface area contributed by atoms with Gasteiger partial charge >= 0.3 is 0 Å². The van der Waals surface area contributed by atoms with Gasteiger partial charge in [-0.25, -0.2) is 0 Å². The predicted molar refractivity (Wildman–Crippen MR) is 57.8 cm³/mol. The van der Waals surface area contributed by atoms with E-state index in [0.29, 0.717) is 19.7 Å². The van der Waals surface area contributed by atoms with Crippen molar-refractivity contribution in [1.29, 1.82) is 0 Å². The fraction of sp³-hybridized carbons (Fsp3) is 0.818. The van der Waals surface area contributed by atoms with Crippen molar-refractivity contribution in [2.75, 3.05) is 19.7 Å². The molecule has 0 aliphatic carbocycles. The molecule has 16 heavy (non-hydrogen) atoms. The molecule has 2 heterocycles. The number of rotatable bonds is 1. The number of nitrogens with zero attached hydrogens (tertiary/aromatic N) is 1. The first kappa shape index (κ1) is 11.4. The second-order valence-electron chi connectivity index (χ2n) is 4.81. The highest BCUT2D eigenvalue weighted by molar-refractivity contribution is 5.93. The van der Waals surface area contributed by atoms with Gasteiger partial charge in [0.1, 0.15) is 11.6 Å². The zero-order chi connectivity index (χ0) is 11.8. The summed E-state index contributed by atoms with van der Waals surface area (Å²) in [5, 5.41) is 2.77. The van der Waals surface area contributed by atoms with Gasteiger partial charge in [0.05, 0.1) is 0 Å². The van der Waals surface area contributed by atoms with Gasteiger partial charge in [0.15, 0.2) is 0 Å². The molecule has 1 N–H and O–H groups in total. The first-order valence-corrected chi connectivity index (χ1v) is 5.75. The summed E-state index contributed by atoms with van der Waals surface area (Å²) < 4.78 is 5.37. The number of carbonyl (C=O) groups is 2. The Bertz CT molecular complexity index is 308. The van der Waals surface area contributed by atoms with Crippen LogP contribution in [0.4, 0.5) is 0 Å². The molecule has 0 unspecified atom stereocenters. The van der Waals surface area contributed by atoms with Crippen LogP contribution in [-0.2, 0) is 14.3 Å². The van der Waals surface area contributed by atoms with Crippen molar-refractivity contribution >= 4 is 11.8 Å². The van der Waals surface area contributed by atoms with E-state index < -0.39 is 5.54 Å². The monoisotopic (exact) mass is 226 g/mol. The van der Waals surface area contributed by atoms with E-state index in [0.717, 1.165) is 12.8 Å². The van der Waals surface area contributed by atoms with E-state index in [9.17, 15) is 9.59 Å². The highest BCUT2D eigenvalue weighted by atomic mass is 16.5. The predicted octanol–water partition coefficient (Wildman–Crippen LogP) is -0.0976. The quantitative estimate of drug-likeness (QED) is 0.679. The molecule has 5 nitrogen and oxygen atoms in total. The SMILES string of the molecule is CC1(C)C(=O)NCCN1C(=O)[C@@H]1CCCO1. The van der Waals surface area contributed by atoms with Gasteiger partial charge in [-0.15, -0.1) is 0 Å². The standard InChI is InChI=1S/C11H18N2O3/c1-11(2)10(15)12-5-6-13(11)9(14)8-4-3-7-16-8/h8H,3-7H2,1-2H3,(H,12,15)/t8-/m0/s1. The molecule has 1 atom stereocenters. The van der Waals surface area contributed by atoms with Crippen molar-refractivity contribution in [2.45, 2.75) is 38.3 Å². The molecule has 0 bridgehead atoms. The van der Waals surface area contributed by atoms with Crippen molar-refractivity contribution in [2.24, 2.45) is 0 Å². The van der Waals surface area contributed by atoms with E-state index in [-0.39, 0.29) is 17.9 Å². The lowest BCUT2D eigenvalue weighted by Gasteiger charge is -2.42. The molecule has 2 saturated heterocycles. The summed E-state index contributed by atoms with van der Waals surface area (Å²) in [7, 11) is 0. The van der Waals surface area contributed by atoms with Crippen LogP contribution in [0, 0.1) is 0 Å². The molecule has 0 spiro atoms. The summed E-state index contributed by atoms with van der Waals surface area (Å²) >= 11 is 0. The molecular formula is C11H18N2O3. The first-order valence-electron chi connectivity index (χ1n) is 5.75. The maximum atomic E-state index is 12.2. The summed E-state index contributed by atoms with van der Waals surface area (Å²) in [6, 6.07) is 0. The van der Waals surface area contributed by atoms with Crippen LogP contribution < -0.4 is 5.32 Å². The van der Waals surface area contributed by atoms with Gasteiger partial charge in [-0.2, -0.15) is 0 Å². The fourth-order valence-corrected chi connectivity index (χ4v) is 2.23. The molecule has 5 heteroatoms. The number of piperazine rings is 1. The minimum absolute atomic E-state index is 0.0441. The third-order valence-corrected chi connectivity index (χ3v) is 3.32. The van der Waals surface area contributed by atoms with Gasteiger partial charge in [-0.3, -0.25) is 9.59 Å². The molecule has 0 aromatic heterocycles. The fourth-order valence-electron chi connectivity index (χ4n) is 2.23. The van der Waals surface area contributed by atoms with E-state index in [1.54, 1.807) is 18.7 Å². The Labute approximate surface area is 95.1 Å². The third kappa shape index (κ3) is 1.80. The Kier molecular flexibility index (Phi) is 2.88. The number of hydrogen-bond acceptors (Lipinski definition) is 3. The summed E-state index contributed by atoms with van der Waals surface area (Å²) in [4.78, 5) is 25.5. The van der Waals surface area contributed by atoms with Gasteiger partial charge in [0.2, 0.25) is 5.91 Å². The Morgan fingerprint density at radius 1 is 1.56 bits per heavy atom. The number of ether oxygens (including phenoxy) is 1. The molecule has 2 rings (SSSR count). The molecule has 2 aliphatic heterocycles. The maximum Gasteiger partial charge on any atom is 0.252 e. The smallest absolute Gasteiger partial charge is 0.252 e. The van der Waals surface area contributed by atoms with Gasteiger partial charge < -0.3 is 15.0 Å². The van der Waals surface area contributed by atoms with Crippen molar-refractivity contribution in [3.05, 3.63) is 0 Å². The van der Waals surface area contributed by atoms with Crippen molar-refractivity contribution in [3.63, 3.8) is 0 Å². The molecule has 0 aromatic carbocycles. The first-order chi connectivity index (χ1) is 7.53. The molecule has 2 amide bonds. The van der Waals surface area contributed by atoms with Crippen LogP contribution in [0.5, 0.6) is 0 Å². The number of carbonyl (C=O) groups excluding carboxylic acids is 2. The average Bonchev–Trinajstić information content (AvgIpc) is 2.74. The van der Waals surface area contributed by atoms with Crippen LogP contribution in [0.2, 0.25) is 0 Å². The Hall–Kier alpha value is -1.10. The largest absolute Gasteiger partial charge is 0.368 e. The van der Waals surface area contributed by atoms with Crippen LogP contribution in [0.25, 0.3) is 0 Å². The van der Waals surface area contributed by atoms with Crippen LogP contribution in [0.3, 0.4) is 0 Å². The summed E-state index contributed by atoms with van der Waals surface area (Å²) in [5.41, 5.74) is -0.763. The molecular weight excluding hydrogens is 208 g/mol. The average molecular weight is 226 g/mol. The van der Waals surface area contributed by atoms with E-state index in [2.05, 4.69) is 5.32 Å². The van der Waals surface area contributed by atoms with Crippen molar-refractivity contribution in [1.82, 2.24) is 10.2 Å². The summed E-state index contributed by atoms with van der Waals surface area (Å²) in [6.07, 6.45) is 1.36.